The molecule has 1 saturated carbocycles. The third-order valence-electron chi connectivity index (χ3n) is 2.41. The van der Waals surface area contributed by atoms with Gasteiger partial charge in [-0.05, 0) is 31.0 Å². The van der Waals surface area contributed by atoms with E-state index < -0.39 is 30.9 Å². The molecule has 2 rings (SSSR count). The van der Waals surface area contributed by atoms with Crippen molar-refractivity contribution in [3.05, 3.63) is 24.0 Å². The second-order valence-electron chi connectivity index (χ2n) is 4.18. The molecule has 0 unspecified atom stereocenters. The van der Waals surface area contributed by atoms with Crippen LogP contribution >= 0.6 is 0 Å². The van der Waals surface area contributed by atoms with Crippen LogP contribution in [0.5, 0.6) is 0 Å². The van der Waals surface area contributed by atoms with Gasteiger partial charge in [0.05, 0.1) is 10.6 Å². The number of halogens is 1. The van der Waals surface area contributed by atoms with Gasteiger partial charge in [0.15, 0.2) is 0 Å². The molecule has 10 heteroatoms. The highest BCUT2D eigenvalue weighted by Gasteiger charge is 2.27. The van der Waals surface area contributed by atoms with Gasteiger partial charge in [0.2, 0.25) is 10.0 Å². The molecule has 19 heavy (non-hydrogen) atoms. The Labute approximate surface area is 110 Å². The quantitative estimate of drug-likeness (QED) is 0.702. The van der Waals surface area contributed by atoms with Crippen LogP contribution in [0.3, 0.4) is 0 Å². The SMILES string of the molecule is NS(=O)(=O)c1ccc(NS(=O)(=O)NC2CC2)c(F)c1. The normalized spacial score (nSPS) is 16.3. The first-order chi connectivity index (χ1) is 8.67. The van der Waals surface area contributed by atoms with Crippen molar-refractivity contribution < 1.29 is 21.2 Å². The van der Waals surface area contributed by atoms with Gasteiger partial charge in [-0.3, -0.25) is 4.72 Å². The van der Waals surface area contributed by atoms with Crippen LogP contribution in [0.1, 0.15) is 12.8 Å². The molecule has 4 N–H and O–H groups in total. The Morgan fingerprint density at radius 3 is 2.32 bits per heavy atom. The maximum Gasteiger partial charge on any atom is 0.299 e. The maximum absolute atomic E-state index is 13.6. The van der Waals surface area contributed by atoms with E-state index in [-0.39, 0.29) is 11.7 Å². The Balaban J connectivity index is 2.22. The summed E-state index contributed by atoms with van der Waals surface area (Å²) in [7, 11) is -7.89. The van der Waals surface area contributed by atoms with Gasteiger partial charge >= 0.3 is 0 Å². The van der Waals surface area contributed by atoms with Gasteiger partial charge in [-0.1, -0.05) is 0 Å². The van der Waals surface area contributed by atoms with Crippen LogP contribution in [-0.4, -0.2) is 22.9 Å². The minimum Gasteiger partial charge on any atom is -0.268 e. The van der Waals surface area contributed by atoms with Crippen LogP contribution in [0.15, 0.2) is 23.1 Å². The summed E-state index contributed by atoms with van der Waals surface area (Å²) in [5.74, 6) is -1.02. The Bertz CT molecular complexity index is 698. The van der Waals surface area contributed by atoms with E-state index in [9.17, 15) is 21.2 Å². The number of primary sulfonamides is 1. The summed E-state index contributed by atoms with van der Waals surface area (Å²) in [5.41, 5.74) is -0.347. The fourth-order valence-corrected chi connectivity index (χ4v) is 3.06. The molecule has 1 aliphatic rings. The van der Waals surface area contributed by atoms with E-state index in [0.717, 1.165) is 25.0 Å². The Kier molecular flexibility index (Phi) is 3.51. The molecule has 0 amide bonds. The van der Waals surface area contributed by atoms with Gasteiger partial charge in [-0.2, -0.15) is 13.1 Å². The van der Waals surface area contributed by atoms with Crippen molar-refractivity contribution in [2.75, 3.05) is 4.72 Å². The number of hydrogen-bond acceptors (Lipinski definition) is 4. The van der Waals surface area contributed by atoms with Gasteiger partial charge in [0, 0.05) is 6.04 Å². The molecule has 1 fully saturated rings. The summed E-state index contributed by atoms with van der Waals surface area (Å²) >= 11 is 0. The second-order valence-corrected chi connectivity index (χ2v) is 7.19. The summed E-state index contributed by atoms with van der Waals surface area (Å²) < 4.78 is 63.0. The molecular weight excluding hydrogens is 297 g/mol. The van der Waals surface area contributed by atoms with Gasteiger partial charge in [-0.15, -0.1) is 0 Å². The summed E-state index contributed by atoms with van der Waals surface area (Å²) in [6, 6.07) is 2.56. The monoisotopic (exact) mass is 309 g/mol. The third kappa shape index (κ3) is 3.86. The molecule has 1 aromatic carbocycles. The average Bonchev–Trinajstić information content (AvgIpc) is 3.02. The Morgan fingerprint density at radius 2 is 1.84 bits per heavy atom. The molecule has 0 spiro atoms. The Morgan fingerprint density at radius 1 is 1.21 bits per heavy atom. The van der Waals surface area contributed by atoms with Crippen molar-refractivity contribution in [1.29, 1.82) is 0 Å². The van der Waals surface area contributed by atoms with E-state index in [1.807, 2.05) is 4.72 Å². The van der Waals surface area contributed by atoms with E-state index >= 15 is 0 Å². The van der Waals surface area contributed by atoms with Crippen LogP contribution in [0.4, 0.5) is 10.1 Å². The summed E-state index contributed by atoms with van der Waals surface area (Å²) in [5, 5.41) is 4.83. The summed E-state index contributed by atoms with van der Waals surface area (Å²) in [4.78, 5) is -0.428. The van der Waals surface area contributed by atoms with Crippen LogP contribution in [0, 0.1) is 5.82 Å². The third-order valence-corrected chi connectivity index (χ3v) is 4.46. The standard InChI is InChI=1S/C9H12FN3O4S2/c10-8-5-7(18(11,14)15)3-4-9(8)13-19(16,17)12-6-1-2-6/h3-6,12-13H,1-2H2,(H2,11,14,15). The molecule has 1 aromatic rings. The van der Waals surface area contributed by atoms with Gasteiger partial charge in [0.1, 0.15) is 5.82 Å². The van der Waals surface area contributed by atoms with Crippen LogP contribution < -0.4 is 14.6 Å². The molecule has 0 bridgehead atoms. The number of anilines is 1. The molecule has 0 saturated heterocycles. The number of nitrogens with two attached hydrogens (primary N) is 1. The van der Waals surface area contributed by atoms with Crippen LogP contribution in [0.2, 0.25) is 0 Å². The van der Waals surface area contributed by atoms with Crippen LogP contribution in [0.25, 0.3) is 0 Å². The molecule has 7 nitrogen and oxygen atoms in total. The minimum absolute atomic E-state index is 0.121. The number of nitrogens with one attached hydrogen (secondary N) is 2. The van der Waals surface area contributed by atoms with Crippen molar-refractivity contribution in [3.63, 3.8) is 0 Å². The zero-order chi connectivity index (χ0) is 14.3. The lowest BCUT2D eigenvalue weighted by Crippen LogP contribution is -2.32. The number of hydrogen-bond donors (Lipinski definition) is 3. The molecule has 0 atom stereocenters. The average molecular weight is 309 g/mol. The van der Waals surface area contributed by atoms with Gasteiger partial charge in [-0.25, -0.2) is 17.9 Å². The smallest absolute Gasteiger partial charge is 0.268 e. The van der Waals surface area contributed by atoms with Crippen molar-refractivity contribution in [3.8, 4) is 0 Å². The number of rotatable bonds is 5. The summed E-state index contributed by atoms with van der Waals surface area (Å²) in [6.07, 6.45) is 1.49. The molecule has 106 valence electrons. The molecule has 0 heterocycles. The zero-order valence-electron chi connectivity index (χ0n) is 9.63. The van der Waals surface area contributed by atoms with E-state index in [1.54, 1.807) is 0 Å². The molecule has 1 aliphatic carbocycles. The topological polar surface area (TPSA) is 118 Å². The molecule has 0 aliphatic heterocycles. The maximum atomic E-state index is 13.6. The molecule has 0 aromatic heterocycles. The fraction of sp³-hybridized carbons (Fsp3) is 0.333. The predicted octanol–water partition coefficient (Wildman–Crippen LogP) is -0.118. The van der Waals surface area contributed by atoms with Crippen molar-refractivity contribution >= 4 is 25.9 Å². The fourth-order valence-electron chi connectivity index (χ4n) is 1.35. The Hall–Kier alpha value is -1.23. The lowest BCUT2D eigenvalue weighted by Gasteiger charge is -2.10. The lowest BCUT2D eigenvalue weighted by atomic mass is 10.3. The zero-order valence-corrected chi connectivity index (χ0v) is 11.3. The second kappa shape index (κ2) is 4.71. The largest absolute Gasteiger partial charge is 0.299 e. The highest BCUT2D eigenvalue weighted by Crippen LogP contribution is 2.22. The van der Waals surface area contributed by atoms with Gasteiger partial charge in [0.25, 0.3) is 10.2 Å². The summed E-state index contributed by atoms with van der Waals surface area (Å²) in [6.45, 7) is 0. The first-order valence-electron chi connectivity index (χ1n) is 5.30. The van der Waals surface area contributed by atoms with Crippen LogP contribution in [-0.2, 0) is 20.2 Å². The molecule has 0 radical (unpaired) electrons. The van der Waals surface area contributed by atoms with Crippen molar-refractivity contribution in [2.45, 2.75) is 23.8 Å². The van der Waals surface area contributed by atoms with E-state index in [2.05, 4.69) is 4.72 Å². The number of sulfonamides is 1. The van der Waals surface area contributed by atoms with Crippen molar-refractivity contribution in [1.82, 2.24) is 4.72 Å². The highest BCUT2D eigenvalue weighted by molar-refractivity contribution is 7.90. The first kappa shape index (κ1) is 14.2. The molecular formula is C9H12FN3O4S2. The lowest BCUT2D eigenvalue weighted by molar-refractivity contribution is 0.584. The van der Waals surface area contributed by atoms with E-state index in [0.29, 0.717) is 6.07 Å². The first-order valence-corrected chi connectivity index (χ1v) is 8.33. The predicted molar refractivity (Wildman–Crippen MR) is 66.5 cm³/mol. The van der Waals surface area contributed by atoms with Crippen molar-refractivity contribution in [2.24, 2.45) is 5.14 Å². The van der Waals surface area contributed by atoms with E-state index in [1.165, 1.54) is 0 Å². The van der Waals surface area contributed by atoms with Gasteiger partial charge < -0.3 is 0 Å². The number of benzene rings is 1. The minimum atomic E-state index is -4.03. The van der Waals surface area contributed by atoms with E-state index in [4.69, 9.17) is 5.14 Å². The highest BCUT2D eigenvalue weighted by atomic mass is 32.2.